The van der Waals surface area contributed by atoms with Gasteiger partial charge in [-0.15, -0.1) is 0 Å². The first kappa shape index (κ1) is 34.2. The Morgan fingerprint density at radius 1 is 0.540 bits per heavy atom. The van der Waals surface area contributed by atoms with Crippen molar-refractivity contribution < 1.29 is 57.4 Å². The van der Waals surface area contributed by atoms with E-state index in [1.165, 1.54) is 12.0 Å². The van der Waals surface area contributed by atoms with Gasteiger partial charge in [0, 0.05) is 17.6 Å². The summed E-state index contributed by atoms with van der Waals surface area (Å²) in [4.78, 5) is 0. The summed E-state index contributed by atoms with van der Waals surface area (Å²) in [6.07, 6.45) is -9.93. The van der Waals surface area contributed by atoms with Gasteiger partial charge in [0.25, 0.3) is 0 Å². The van der Waals surface area contributed by atoms with Crippen LogP contribution in [0.3, 0.4) is 0 Å². The molecule has 254 valence electrons. The van der Waals surface area contributed by atoms with Gasteiger partial charge in [0.2, 0.25) is 0 Å². The smallest absolute Gasteiger partial charge is 0.429 e. The van der Waals surface area contributed by atoms with Crippen LogP contribution >= 0.6 is 0 Å². The Kier molecular flexibility index (Phi) is 8.46. The van der Waals surface area contributed by atoms with Crippen LogP contribution in [0.15, 0.2) is 78.9 Å². The molecule has 6 rings (SSSR count). The molecule has 0 unspecified atom stereocenters. The fourth-order valence-corrected chi connectivity index (χ4v) is 5.40. The molecule has 0 heterocycles. The molecule has 0 aliphatic heterocycles. The van der Waals surface area contributed by atoms with E-state index in [9.17, 15) is 26.3 Å². The van der Waals surface area contributed by atoms with E-state index in [0.29, 0.717) is 35.7 Å². The van der Waals surface area contributed by atoms with Crippen molar-refractivity contribution in [2.45, 2.75) is 19.2 Å². The fourth-order valence-electron chi connectivity index (χ4n) is 5.40. The molecule has 50 heavy (non-hydrogen) atoms. The molecule has 13 heteroatoms. The lowest BCUT2D eigenvalue weighted by atomic mass is 9.97. The summed E-state index contributed by atoms with van der Waals surface area (Å²) < 4.78 is 177. The standard InChI is InChI=1S/C37H16F12O/c1-17-2-4-18(5-3-17)19-10-21-15-30(42)33(35(44)32(21)28(40)12-19)37(48,49)50-23-6-7-24(27(39)16-23)20-11-22-14-26(38)25(8-9-36(45,46)47)34(43)31(22)29(41)13-20/h2-7,10-16H,1H3. The minimum Gasteiger partial charge on any atom is -0.429 e. The van der Waals surface area contributed by atoms with Crippen molar-refractivity contribution in [3.8, 4) is 39.8 Å². The molecular formula is C37H16F12O. The van der Waals surface area contributed by atoms with E-state index in [4.69, 9.17) is 0 Å². The van der Waals surface area contributed by atoms with Gasteiger partial charge < -0.3 is 4.74 Å². The third-order valence-electron chi connectivity index (χ3n) is 7.66. The number of hydrogen-bond donors (Lipinski definition) is 0. The van der Waals surface area contributed by atoms with Crippen LogP contribution in [0.1, 0.15) is 16.7 Å². The van der Waals surface area contributed by atoms with Crippen molar-refractivity contribution in [2.75, 3.05) is 0 Å². The Labute approximate surface area is 274 Å². The maximum atomic E-state index is 15.4. The second-order valence-electron chi connectivity index (χ2n) is 11.1. The molecule has 6 aromatic carbocycles. The Hall–Kier alpha value is -5.64. The van der Waals surface area contributed by atoms with Gasteiger partial charge in [-0.3, -0.25) is 0 Å². The van der Waals surface area contributed by atoms with Crippen molar-refractivity contribution in [1.29, 1.82) is 0 Å². The third kappa shape index (κ3) is 6.41. The molecule has 0 atom stereocenters. The van der Waals surface area contributed by atoms with Crippen molar-refractivity contribution in [3.63, 3.8) is 0 Å². The number of benzene rings is 6. The van der Waals surface area contributed by atoms with E-state index in [1.54, 1.807) is 24.3 Å². The Morgan fingerprint density at radius 3 is 1.74 bits per heavy atom. The molecule has 0 aromatic heterocycles. The second kappa shape index (κ2) is 12.4. The molecule has 0 saturated carbocycles. The first-order chi connectivity index (χ1) is 23.4. The Balaban J connectivity index is 1.33. The minimum atomic E-state index is -5.10. The van der Waals surface area contributed by atoms with E-state index in [1.807, 2.05) is 6.92 Å². The van der Waals surface area contributed by atoms with Crippen molar-refractivity contribution >= 4 is 21.5 Å². The van der Waals surface area contributed by atoms with Gasteiger partial charge >= 0.3 is 12.3 Å². The normalized spacial score (nSPS) is 11.9. The highest BCUT2D eigenvalue weighted by atomic mass is 19.4. The molecule has 1 nitrogen and oxygen atoms in total. The molecule has 0 N–H and O–H groups in total. The lowest BCUT2D eigenvalue weighted by Crippen LogP contribution is -2.25. The summed E-state index contributed by atoms with van der Waals surface area (Å²) in [6.45, 7) is 1.81. The predicted octanol–water partition coefficient (Wildman–Crippen LogP) is 11.7. The quantitative estimate of drug-likeness (QED) is 0.128. The fraction of sp³-hybridized carbons (Fsp3) is 0.0811. The molecule has 6 aromatic rings. The first-order valence-electron chi connectivity index (χ1n) is 14.2. The van der Waals surface area contributed by atoms with Crippen LogP contribution in [0.4, 0.5) is 52.7 Å². The van der Waals surface area contributed by atoms with Crippen LogP contribution in [-0.2, 0) is 6.11 Å². The van der Waals surface area contributed by atoms with Crippen LogP contribution in [0.25, 0.3) is 43.8 Å². The minimum absolute atomic E-state index is 0.224. The first-order valence-corrected chi connectivity index (χ1v) is 14.2. The van der Waals surface area contributed by atoms with Gasteiger partial charge in [-0.2, -0.15) is 22.0 Å². The molecule has 0 radical (unpaired) electrons. The summed E-state index contributed by atoms with van der Waals surface area (Å²) in [5.74, 6) is -10.2. The van der Waals surface area contributed by atoms with Gasteiger partial charge in [-0.05, 0) is 82.9 Å². The third-order valence-corrected chi connectivity index (χ3v) is 7.66. The number of alkyl halides is 5. The van der Waals surface area contributed by atoms with Gasteiger partial charge in [0.15, 0.2) is 5.82 Å². The van der Waals surface area contributed by atoms with E-state index in [-0.39, 0.29) is 16.5 Å². The van der Waals surface area contributed by atoms with Crippen molar-refractivity contribution in [2.24, 2.45) is 0 Å². The number of fused-ring (bicyclic) bond motifs is 2. The molecule has 0 aliphatic rings. The number of hydrogen-bond acceptors (Lipinski definition) is 1. The molecule has 0 saturated heterocycles. The summed E-state index contributed by atoms with van der Waals surface area (Å²) in [7, 11) is 0. The monoisotopic (exact) mass is 704 g/mol. The van der Waals surface area contributed by atoms with Gasteiger partial charge in [-0.1, -0.05) is 35.7 Å². The molecule has 0 aliphatic carbocycles. The number of halogens is 12. The molecular weight excluding hydrogens is 688 g/mol. The van der Waals surface area contributed by atoms with Crippen LogP contribution in [0.2, 0.25) is 0 Å². The topological polar surface area (TPSA) is 9.23 Å². The summed E-state index contributed by atoms with van der Waals surface area (Å²) in [5.41, 5.74) is -2.61. The molecule has 0 spiro atoms. The molecule has 0 bridgehead atoms. The maximum absolute atomic E-state index is 15.4. The van der Waals surface area contributed by atoms with Crippen LogP contribution in [-0.4, -0.2) is 6.18 Å². The Morgan fingerprint density at radius 2 is 1.12 bits per heavy atom. The largest absolute Gasteiger partial charge is 0.458 e. The van der Waals surface area contributed by atoms with Crippen LogP contribution < -0.4 is 4.74 Å². The zero-order valence-corrected chi connectivity index (χ0v) is 24.9. The SMILES string of the molecule is Cc1ccc(-c2cc(F)c3c(F)c(C(F)(F)Oc4ccc(-c5cc(F)c6c(F)c(C#CC(F)(F)F)c(F)cc6c5)c(F)c4)c(F)cc3c2)cc1. The Bertz CT molecular complexity index is 2400. The van der Waals surface area contributed by atoms with Gasteiger partial charge in [0.05, 0.1) is 16.3 Å². The van der Waals surface area contributed by atoms with Gasteiger partial charge in [-0.25, -0.2) is 30.7 Å². The lowest BCUT2D eigenvalue weighted by Gasteiger charge is -2.21. The van der Waals surface area contributed by atoms with Gasteiger partial charge in [0.1, 0.15) is 46.2 Å². The average molecular weight is 705 g/mol. The zero-order chi connectivity index (χ0) is 36.3. The highest BCUT2D eigenvalue weighted by molar-refractivity contribution is 5.91. The van der Waals surface area contributed by atoms with Crippen molar-refractivity contribution in [1.82, 2.24) is 0 Å². The highest BCUT2D eigenvalue weighted by Gasteiger charge is 2.42. The van der Waals surface area contributed by atoms with Crippen LogP contribution in [0.5, 0.6) is 5.75 Å². The number of rotatable bonds is 5. The number of aryl methyl sites for hydroxylation is 1. The van der Waals surface area contributed by atoms with Crippen LogP contribution in [0, 0.1) is 59.5 Å². The van der Waals surface area contributed by atoms with E-state index >= 15 is 26.3 Å². The summed E-state index contributed by atoms with van der Waals surface area (Å²) in [5, 5.41) is -2.81. The van der Waals surface area contributed by atoms with Crippen molar-refractivity contribution in [3.05, 3.63) is 136 Å². The van der Waals surface area contributed by atoms with E-state index in [2.05, 4.69) is 4.74 Å². The summed E-state index contributed by atoms with van der Waals surface area (Å²) in [6, 6.07) is 13.1. The summed E-state index contributed by atoms with van der Waals surface area (Å²) >= 11 is 0. The molecule has 0 fully saturated rings. The highest BCUT2D eigenvalue weighted by Crippen LogP contribution is 2.41. The second-order valence-corrected chi connectivity index (χ2v) is 11.1. The average Bonchev–Trinajstić information content (AvgIpc) is 2.99. The zero-order valence-electron chi connectivity index (χ0n) is 24.9. The maximum Gasteiger partial charge on any atom is 0.458 e. The number of ether oxygens (including phenoxy) is 1. The molecule has 0 amide bonds. The van der Waals surface area contributed by atoms with E-state index < -0.39 is 91.6 Å². The lowest BCUT2D eigenvalue weighted by molar-refractivity contribution is -0.189. The predicted molar refractivity (Wildman–Crippen MR) is 161 cm³/mol. The van der Waals surface area contributed by atoms with E-state index in [0.717, 1.165) is 29.8 Å².